The number of hydrogen-bond donors (Lipinski definition) is 2. The molecule has 0 saturated carbocycles. The summed E-state index contributed by atoms with van der Waals surface area (Å²) in [5.41, 5.74) is 1.03. The van der Waals surface area contributed by atoms with Crippen LogP contribution in [0.3, 0.4) is 0 Å². The number of nitrogens with one attached hydrogen (secondary N) is 2. The van der Waals surface area contributed by atoms with Crippen LogP contribution in [0.25, 0.3) is 9.88 Å². The van der Waals surface area contributed by atoms with Crippen LogP contribution in [0.4, 0.5) is 0 Å². The minimum absolute atomic E-state index is 0.0545. The van der Waals surface area contributed by atoms with Crippen LogP contribution in [0.2, 0.25) is 0 Å². The monoisotopic (exact) mass is 319 g/mol. The van der Waals surface area contributed by atoms with E-state index in [9.17, 15) is 4.79 Å². The van der Waals surface area contributed by atoms with Crippen molar-refractivity contribution in [2.75, 3.05) is 0 Å². The van der Waals surface area contributed by atoms with Crippen molar-refractivity contribution in [1.82, 2.24) is 15.6 Å². The third-order valence-electron chi connectivity index (χ3n) is 4.28. The van der Waals surface area contributed by atoms with Gasteiger partial charge in [0.1, 0.15) is 5.01 Å². The molecule has 3 atom stereocenters. The van der Waals surface area contributed by atoms with Gasteiger partial charge in [-0.15, -0.1) is 22.7 Å². The highest BCUT2D eigenvalue weighted by molar-refractivity contribution is 7.22. The summed E-state index contributed by atoms with van der Waals surface area (Å²) in [6, 6.07) is 5.28. The van der Waals surface area contributed by atoms with Crippen LogP contribution in [0.15, 0.2) is 17.5 Å². The Labute approximate surface area is 131 Å². The standard InChI is InChI=1S/C15H17N3OS2/c1-8-7-20-15(16-8)13-5-4-12(21-13)14(19)18-11-6-9-2-3-10(11)17-9/h4-5,7,9-11,17H,2-3,6H2,1H3,(H,18,19)/t9-,10+,11-/m1/s1. The molecule has 2 aromatic heterocycles. The maximum atomic E-state index is 12.4. The molecular weight excluding hydrogens is 302 g/mol. The molecule has 2 N–H and O–H groups in total. The fourth-order valence-corrected chi connectivity index (χ4v) is 5.04. The molecule has 0 aromatic carbocycles. The Morgan fingerprint density at radius 1 is 1.43 bits per heavy atom. The van der Waals surface area contributed by atoms with E-state index in [-0.39, 0.29) is 5.91 Å². The second-order valence-corrected chi connectivity index (χ2v) is 7.76. The van der Waals surface area contributed by atoms with E-state index in [1.807, 2.05) is 24.4 Å². The van der Waals surface area contributed by atoms with Crippen molar-refractivity contribution < 1.29 is 4.79 Å². The van der Waals surface area contributed by atoms with Crippen molar-refractivity contribution in [3.05, 3.63) is 28.1 Å². The van der Waals surface area contributed by atoms with E-state index in [1.165, 1.54) is 24.2 Å². The minimum atomic E-state index is 0.0545. The van der Waals surface area contributed by atoms with Crippen molar-refractivity contribution in [2.24, 2.45) is 0 Å². The van der Waals surface area contributed by atoms with Crippen LogP contribution in [0.5, 0.6) is 0 Å². The average Bonchev–Trinajstić information content (AvgIpc) is 3.22. The number of thiophene rings is 1. The zero-order valence-electron chi connectivity index (χ0n) is 11.8. The normalized spacial score (nSPS) is 27.2. The number of aryl methyl sites for hydroxylation is 1. The van der Waals surface area contributed by atoms with Crippen LogP contribution in [0.1, 0.15) is 34.6 Å². The largest absolute Gasteiger partial charge is 0.347 e. The molecule has 2 aliphatic heterocycles. The first-order chi connectivity index (χ1) is 10.2. The van der Waals surface area contributed by atoms with Crippen LogP contribution in [0, 0.1) is 6.92 Å². The number of hydrogen-bond acceptors (Lipinski definition) is 5. The zero-order chi connectivity index (χ0) is 14.4. The SMILES string of the molecule is Cc1csc(-c2ccc(C(=O)N[C@@H]3C[C@H]4CC[C@@H]3N4)s2)n1. The van der Waals surface area contributed by atoms with E-state index in [4.69, 9.17) is 0 Å². The van der Waals surface area contributed by atoms with E-state index in [2.05, 4.69) is 15.6 Å². The van der Waals surface area contributed by atoms with Crippen molar-refractivity contribution in [2.45, 2.75) is 44.3 Å². The van der Waals surface area contributed by atoms with Gasteiger partial charge in [0.2, 0.25) is 0 Å². The topological polar surface area (TPSA) is 54.0 Å². The van der Waals surface area contributed by atoms with Crippen molar-refractivity contribution in [1.29, 1.82) is 0 Å². The molecule has 110 valence electrons. The molecule has 4 rings (SSSR count). The Morgan fingerprint density at radius 2 is 2.33 bits per heavy atom. The lowest BCUT2D eigenvalue weighted by Crippen LogP contribution is -2.42. The summed E-state index contributed by atoms with van der Waals surface area (Å²) in [7, 11) is 0. The highest BCUT2D eigenvalue weighted by Crippen LogP contribution is 2.32. The first kappa shape index (κ1) is 13.4. The number of nitrogens with zero attached hydrogens (tertiary/aromatic N) is 1. The molecular formula is C15H17N3OS2. The maximum absolute atomic E-state index is 12.4. The lowest BCUT2D eigenvalue weighted by Gasteiger charge is -2.20. The summed E-state index contributed by atoms with van der Waals surface area (Å²) < 4.78 is 0. The lowest BCUT2D eigenvalue weighted by molar-refractivity contribution is 0.0935. The van der Waals surface area contributed by atoms with Gasteiger partial charge >= 0.3 is 0 Å². The first-order valence-electron chi connectivity index (χ1n) is 7.28. The quantitative estimate of drug-likeness (QED) is 0.915. The van der Waals surface area contributed by atoms with Gasteiger partial charge in [0.05, 0.1) is 9.75 Å². The van der Waals surface area contributed by atoms with Crippen LogP contribution in [-0.2, 0) is 0 Å². The van der Waals surface area contributed by atoms with Gasteiger partial charge in [-0.3, -0.25) is 4.79 Å². The van der Waals surface area contributed by atoms with Gasteiger partial charge in [-0.05, 0) is 38.3 Å². The number of amides is 1. The number of carbonyl (C=O) groups excluding carboxylic acids is 1. The fourth-order valence-electron chi connectivity index (χ4n) is 3.27. The molecule has 21 heavy (non-hydrogen) atoms. The third kappa shape index (κ3) is 2.52. The molecule has 2 aromatic rings. The summed E-state index contributed by atoms with van der Waals surface area (Å²) in [4.78, 5) is 18.7. The van der Waals surface area contributed by atoms with Crippen LogP contribution >= 0.6 is 22.7 Å². The number of carbonyl (C=O) groups is 1. The predicted octanol–water partition coefficient (Wildman–Crippen LogP) is 2.80. The smallest absolute Gasteiger partial charge is 0.261 e. The summed E-state index contributed by atoms with van der Waals surface area (Å²) >= 11 is 3.15. The van der Waals surface area contributed by atoms with Crippen LogP contribution < -0.4 is 10.6 Å². The average molecular weight is 319 g/mol. The van der Waals surface area contributed by atoms with Gasteiger partial charge < -0.3 is 10.6 Å². The van der Waals surface area contributed by atoms with Gasteiger partial charge in [0.25, 0.3) is 5.91 Å². The summed E-state index contributed by atoms with van der Waals surface area (Å²) in [5.74, 6) is 0.0545. The Balaban J connectivity index is 1.46. The second kappa shape index (κ2) is 5.19. The molecule has 6 heteroatoms. The molecule has 4 nitrogen and oxygen atoms in total. The van der Waals surface area contributed by atoms with E-state index in [0.717, 1.165) is 26.9 Å². The second-order valence-electron chi connectivity index (χ2n) is 5.82. The Hall–Kier alpha value is -1.24. The Morgan fingerprint density at radius 3 is 3.00 bits per heavy atom. The summed E-state index contributed by atoms with van der Waals surface area (Å²) in [6.45, 7) is 1.99. The molecule has 4 heterocycles. The minimum Gasteiger partial charge on any atom is -0.347 e. The summed E-state index contributed by atoms with van der Waals surface area (Å²) in [5, 5.41) is 9.77. The van der Waals surface area contributed by atoms with Crippen LogP contribution in [-0.4, -0.2) is 29.0 Å². The molecule has 2 aliphatic rings. The highest BCUT2D eigenvalue weighted by atomic mass is 32.1. The molecule has 0 aliphatic carbocycles. The third-order valence-corrected chi connectivity index (χ3v) is 6.49. The van der Waals surface area contributed by atoms with Gasteiger partial charge in [-0.2, -0.15) is 0 Å². The van der Waals surface area contributed by atoms with Crippen molar-refractivity contribution >= 4 is 28.6 Å². The number of aromatic nitrogens is 1. The van der Waals surface area contributed by atoms with Gasteiger partial charge in [-0.25, -0.2) is 4.98 Å². The highest BCUT2D eigenvalue weighted by Gasteiger charge is 2.39. The first-order valence-corrected chi connectivity index (χ1v) is 8.98. The van der Waals surface area contributed by atoms with E-state index >= 15 is 0 Å². The van der Waals surface area contributed by atoms with Crippen molar-refractivity contribution in [3.8, 4) is 9.88 Å². The zero-order valence-corrected chi connectivity index (χ0v) is 13.4. The molecule has 2 fully saturated rings. The fraction of sp³-hybridized carbons (Fsp3) is 0.467. The number of fused-ring (bicyclic) bond motifs is 2. The molecule has 1 amide bonds. The molecule has 2 bridgehead atoms. The van der Waals surface area contributed by atoms with E-state index < -0.39 is 0 Å². The molecule has 2 saturated heterocycles. The van der Waals surface area contributed by atoms with E-state index in [1.54, 1.807) is 11.3 Å². The van der Waals surface area contributed by atoms with Gasteiger partial charge in [-0.1, -0.05) is 0 Å². The lowest BCUT2D eigenvalue weighted by atomic mass is 9.95. The van der Waals surface area contributed by atoms with Gasteiger partial charge in [0, 0.05) is 29.2 Å². The predicted molar refractivity (Wildman–Crippen MR) is 86.0 cm³/mol. The molecule has 0 spiro atoms. The molecule has 0 unspecified atom stereocenters. The molecule has 0 radical (unpaired) electrons. The summed E-state index contributed by atoms with van der Waals surface area (Å²) in [6.07, 6.45) is 3.51. The van der Waals surface area contributed by atoms with Crippen molar-refractivity contribution in [3.63, 3.8) is 0 Å². The maximum Gasteiger partial charge on any atom is 0.261 e. The van der Waals surface area contributed by atoms with Gasteiger partial charge in [0.15, 0.2) is 0 Å². The number of rotatable bonds is 3. The Kier molecular flexibility index (Phi) is 3.32. The number of thiazole rings is 1. The van der Waals surface area contributed by atoms with E-state index in [0.29, 0.717) is 18.1 Å². The Bertz CT molecular complexity index is 678.